The van der Waals surface area contributed by atoms with E-state index in [0.717, 1.165) is 11.1 Å². The van der Waals surface area contributed by atoms with Crippen LogP contribution in [0.5, 0.6) is 23.0 Å². The third-order valence-corrected chi connectivity index (χ3v) is 3.13. The fraction of sp³-hybridized carbons (Fsp3) is 0.200. The minimum atomic E-state index is 0.172. The van der Waals surface area contributed by atoms with E-state index in [1.54, 1.807) is 24.3 Å². The van der Waals surface area contributed by atoms with E-state index in [2.05, 4.69) is 0 Å². The molecule has 0 bridgehead atoms. The molecule has 0 spiro atoms. The summed E-state index contributed by atoms with van der Waals surface area (Å²) in [7, 11) is 3.07. The molecular formula is C20H24O4. The van der Waals surface area contributed by atoms with Gasteiger partial charge in [-0.3, -0.25) is 0 Å². The van der Waals surface area contributed by atoms with Crippen LogP contribution in [0.15, 0.2) is 48.6 Å². The van der Waals surface area contributed by atoms with Gasteiger partial charge in [-0.05, 0) is 49.2 Å². The van der Waals surface area contributed by atoms with Crippen molar-refractivity contribution in [2.24, 2.45) is 0 Å². The lowest BCUT2D eigenvalue weighted by atomic mass is 10.2. The molecule has 0 aliphatic carbocycles. The predicted molar refractivity (Wildman–Crippen MR) is 98.7 cm³/mol. The third kappa shape index (κ3) is 5.72. The fourth-order valence-electron chi connectivity index (χ4n) is 1.98. The molecular weight excluding hydrogens is 304 g/mol. The molecule has 0 saturated carbocycles. The molecule has 2 rings (SSSR count). The Bertz CT molecular complexity index is 641. The summed E-state index contributed by atoms with van der Waals surface area (Å²) < 4.78 is 9.90. The molecule has 4 heteroatoms. The Morgan fingerprint density at radius 2 is 1.08 bits per heavy atom. The Morgan fingerprint density at radius 3 is 1.38 bits per heavy atom. The van der Waals surface area contributed by atoms with Gasteiger partial charge in [0.2, 0.25) is 0 Å². The van der Waals surface area contributed by atoms with Crippen LogP contribution in [0.4, 0.5) is 0 Å². The van der Waals surface area contributed by atoms with Crippen molar-refractivity contribution in [1.82, 2.24) is 0 Å². The molecule has 128 valence electrons. The highest BCUT2D eigenvalue weighted by Crippen LogP contribution is 2.27. The van der Waals surface area contributed by atoms with Crippen LogP contribution in [0, 0.1) is 0 Å². The van der Waals surface area contributed by atoms with Gasteiger partial charge in [0.1, 0.15) is 0 Å². The molecule has 0 amide bonds. The zero-order valence-electron chi connectivity index (χ0n) is 14.5. The van der Waals surface area contributed by atoms with Gasteiger partial charge in [0, 0.05) is 0 Å². The van der Waals surface area contributed by atoms with Gasteiger partial charge in [-0.2, -0.15) is 0 Å². The number of phenolic OH excluding ortho intramolecular Hbond substituents is 2. The lowest BCUT2D eigenvalue weighted by molar-refractivity contribution is 0.373. The largest absolute Gasteiger partial charge is 0.504 e. The highest BCUT2D eigenvalue weighted by atomic mass is 16.5. The van der Waals surface area contributed by atoms with Gasteiger partial charge in [-0.25, -0.2) is 0 Å². The number of phenols is 2. The van der Waals surface area contributed by atoms with Gasteiger partial charge >= 0.3 is 0 Å². The first-order valence-corrected chi connectivity index (χ1v) is 7.55. The molecule has 2 aromatic carbocycles. The quantitative estimate of drug-likeness (QED) is 0.841. The summed E-state index contributed by atoms with van der Waals surface area (Å²) in [6.07, 6.45) is 7.77. The highest BCUT2D eigenvalue weighted by molar-refractivity contribution is 5.55. The van der Waals surface area contributed by atoms with Gasteiger partial charge in [0.25, 0.3) is 0 Å². The fourth-order valence-corrected chi connectivity index (χ4v) is 1.98. The zero-order chi connectivity index (χ0) is 17.9. The predicted octanol–water partition coefficient (Wildman–Crippen LogP) is 4.87. The van der Waals surface area contributed by atoms with Crippen LogP contribution >= 0.6 is 0 Å². The normalized spacial score (nSPS) is 10.5. The molecule has 0 aromatic heterocycles. The zero-order valence-corrected chi connectivity index (χ0v) is 14.5. The first-order valence-electron chi connectivity index (χ1n) is 7.55. The molecule has 0 aliphatic rings. The summed E-state index contributed by atoms with van der Waals surface area (Å²) in [6.45, 7) is 3.89. The van der Waals surface area contributed by atoms with Crippen LogP contribution in [0.2, 0.25) is 0 Å². The second kappa shape index (κ2) is 10.0. The summed E-state index contributed by atoms with van der Waals surface area (Å²) in [5.74, 6) is 1.35. The molecule has 0 unspecified atom stereocenters. The SMILES string of the molecule is CC=Cc1ccc(O)c(OC)c1.CC=Cc1ccc(O)c(OC)c1. The first kappa shape index (κ1) is 19.2. The second-order valence-electron chi connectivity index (χ2n) is 4.86. The number of aromatic hydroxyl groups is 2. The average Bonchev–Trinajstić information content (AvgIpc) is 2.59. The summed E-state index contributed by atoms with van der Waals surface area (Å²) in [6, 6.07) is 10.5. The summed E-state index contributed by atoms with van der Waals surface area (Å²) >= 11 is 0. The number of allylic oxidation sites excluding steroid dienone is 2. The van der Waals surface area contributed by atoms with E-state index < -0.39 is 0 Å². The van der Waals surface area contributed by atoms with Crippen molar-refractivity contribution in [2.45, 2.75) is 13.8 Å². The van der Waals surface area contributed by atoms with E-state index in [-0.39, 0.29) is 11.5 Å². The highest BCUT2D eigenvalue weighted by Gasteiger charge is 2.00. The Kier molecular flexibility index (Phi) is 7.99. The minimum Gasteiger partial charge on any atom is -0.504 e. The number of rotatable bonds is 4. The van der Waals surface area contributed by atoms with Crippen LogP contribution in [-0.4, -0.2) is 24.4 Å². The molecule has 0 radical (unpaired) electrons. The summed E-state index contributed by atoms with van der Waals surface area (Å²) in [4.78, 5) is 0. The van der Waals surface area contributed by atoms with Crippen LogP contribution < -0.4 is 9.47 Å². The standard InChI is InChI=1S/2C10H12O2/c2*1-3-4-8-5-6-9(11)10(7-8)12-2/h2*3-7,11H,1-2H3. The number of benzene rings is 2. The van der Waals surface area contributed by atoms with Crippen molar-refractivity contribution in [3.05, 3.63) is 59.7 Å². The Balaban J connectivity index is 0.000000240. The van der Waals surface area contributed by atoms with Crippen molar-refractivity contribution >= 4 is 12.2 Å². The van der Waals surface area contributed by atoms with E-state index >= 15 is 0 Å². The topological polar surface area (TPSA) is 58.9 Å². The average molecular weight is 328 g/mol. The number of ether oxygens (including phenoxy) is 2. The second-order valence-corrected chi connectivity index (χ2v) is 4.86. The van der Waals surface area contributed by atoms with Crippen LogP contribution in [0.1, 0.15) is 25.0 Å². The Labute approximate surface area is 143 Å². The van der Waals surface area contributed by atoms with Gasteiger partial charge in [0.15, 0.2) is 23.0 Å². The Morgan fingerprint density at radius 1 is 0.708 bits per heavy atom. The summed E-state index contributed by atoms with van der Waals surface area (Å²) in [5, 5.41) is 18.5. The molecule has 24 heavy (non-hydrogen) atoms. The van der Waals surface area contributed by atoms with Crippen LogP contribution in [0.3, 0.4) is 0 Å². The van der Waals surface area contributed by atoms with Crippen LogP contribution in [0.25, 0.3) is 12.2 Å². The lowest BCUT2D eigenvalue weighted by Gasteiger charge is -2.03. The minimum absolute atomic E-state index is 0.172. The van der Waals surface area contributed by atoms with Crippen molar-refractivity contribution in [2.75, 3.05) is 14.2 Å². The van der Waals surface area contributed by atoms with E-state index in [1.807, 2.05) is 50.3 Å². The van der Waals surface area contributed by atoms with E-state index in [1.165, 1.54) is 14.2 Å². The molecule has 2 N–H and O–H groups in total. The molecule has 4 nitrogen and oxygen atoms in total. The number of hydrogen-bond acceptors (Lipinski definition) is 4. The van der Waals surface area contributed by atoms with Crippen molar-refractivity contribution in [3.63, 3.8) is 0 Å². The van der Waals surface area contributed by atoms with E-state index in [0.29, 0.717) is 11.5 Å². The van der Waals surface area contributed by atoms with Crippen molar-refractivity contribution in [3.8, 4) is 23.0 Å². The molecule has 0 atom stereocenters. The third-order valence-electron chi connectivity index (χ3n) is 3.13. The number of hydrogen-bond donors (Lipinski definition) is 2. The molecule has 2 aromatic rings. The molecule has 0 aliphatic heterocycles. The maximum Gasteiger partial charge on any atom is 0.161 e. The van der Waals surface area contributed by atoms with Gasteiger partial charge < -0.3 is 19.7 Å². The monoisotopic (exact) mass is 328 g/mol. The van der Waals surface area contributed by atoms with Crippen molar-refractivity contribution < 1.29 is 19.7 Å². The molecule has 0 fully saturated rings. The van der Waals surface area contributed by atoms with Crippen LogP contribution in [-0.2, 0) is 0 Å². The maximum absolute atomic E-state index is 9.25. The maximum atomic E-state index is 9.25. The summed E-state index contributed by atoms with van der Waals surface area (Å²) in [5.41, 5.74) is 2.04. The first-order chi connectivity index (χ1) is 11.5. The van der Waals surface area contributed by atoms with E-state index in [4.69, 9.17) is 9.47 Å². The van der Waals surface area contributed by atoms with Gasteiger partial charge in [-0.1, -0.05) is 36.4 Å². The Hall–Kier alpha value is -2.88. The molecule has 0 saturated heterocycles. The van der Waals surface area contributed by atoms with E-state index in [9.17, 15) is 10.2 Å². The number of methoxy groups -OCH3 is 2. The van der Waals surface area contributed by atoms with Gasteiger partial charge in [0.05, 0.1) is 14.2 Å². The molecule has 0 heterocycles. The smallest absolute Gasteiger partial charge is 0.161 e. The van der Waals surface area contributed by atoms with Crippen molar-refractivity contribution in [1.29, 1.82) is 0 Å². The van der Waals surface area contributed by atoms with Gasteiger partial charge in [-0.15, -0.1) is 0 Å². The lowest BCUT2D eigenvalue weighted by Crippen LogP contribution is -1.83.